The molecule has 0 fully saturated rings. The molecule has 0 saturated carbocycles. The number of benzene rings is 1. The molecule has 1 rings (SSSR count). The molecule has 0 saturated heterocycles. The smallest absolute Gasteiger partial charge is 0.125 e. The van der Waals surface area contributed by atoms with Crippen molar-refractivity contribution in [3.63, 3.8) is 0 Å². The molecule has 0 aliphatic carbocycles. The molecule has 0 aliphatic rings. The van der Waals surface area contributed by atoms with Gasteiger partial charge in [0.15, 0.2) is 0 Å². The lowest BCUT2D eigenvalue weighted by Gasteiger charge is -2.18. The number of hydrogen-bond donors (Lipinski definition) is 1. The van der Waals surface area contributed by atoms with E-state index < -0.39 is 6.10 Å². The maximum Gasteiger partial charge on any atom is 0.125 e. The molecule has 0 aromatic heterocycles. The van der Waals surface area contributed by atoms with Gasteiger partial charge in [-0.05, 0) is 39.3 Å². The van der Waals surface area contributed by atoms with Crippen LogP contribution in [-0.4, -0.2) is 11.2 Å². The summed E-state index contributed by atoms with van der Waals surface area (Å²) < 4.78 is 5.75. The third kappa shape index (κ3) is 3.24. The van der Waals surface area contributed by atoms with Crippen molar-refractivity contribution >= 4 is 0 Å². The Labute approximate surface area is 91.9 Å². The zero-order valence-corrected chi connectivity index (χ0v) is 9.95. The van der Waals surface area contributed by atoms with Crippen molar-refractivity contribution in [3.05, 3.63) is 29.3 Å². The Morgan fingerprint density at radius 3 is 2.53 bits per heavy atom. The average molecular weight is 208 g/mol. The fraction of sp³-hybridized carbons (Fsp3) is 0.538. The molecule has 2 atom stereocenters. The summed E-state index contributed by atoms with van der Waals surface area (Å²) in [5.41, 5.74) is 2.01. The highest BCUT2D eigenvalue weighted by atomic mass is 16.5. The van der Waals surface area contributed by atoms with E-state index in [0.717, 1.165) is 23.3 Å². The molecule has 2 nitrogen and oxygen atoms in total. The highest BCUT2D eigenvalue weighted by Crippen LogP contribution is 2.27. The Bertz CT molecular complexity index is 318. The zero-order valence-electron chi connectivity index (χ0n) is 9.95. The van der Waals surface area contributed by atoms with E-state index in [2.05, 4.69) is 6.92 Å². The zero-order chi connectivity index (χ0) is 11.4. The van der Waals surface area contributed by atoms with Crippen LogP contribution in [0.4, 0.5) is 0 Å². The molecule has 1 unspecified atom stereocenters. The maximum absolute atomic E-state index is 9.63. The molecular formula is C13H20O2. The van der Waals surface area contributed by atoms with E-state index in [1.54, 1.807) is 6.92 Å². The molecular weight excluding hydrogens is 188 g/mol. The third-order valence-electron chi connectivity index (χ3n) is 2.52. The summed E-state index contributed by atoms with van der Waals surface area (Å²) in [6, 6.07) is 5.91. The summed E-state index contributed by atoms with van der Waals surface area (Å²) >= 11 is 0. The van der Waals surface area contributed by atoms with Crippen LogP contribution >= 0.6 is 0 Å². The molecule has 0 amide bonds. The molecule has 0 bridgehead atoms. The Morgan fingerprint density at radius 1 is 1.33 bits per heavy atom. The molecule has 1 aromatic carbocycles. The SMILES string of the molecule is CCC(C)Oc1ccc(C)cc1[C@@H](C)O. The third-order valence-corrected chi connectivity index (χ3v) is 2.52. The number of aliphatic hydroxyl groups excluding tert-OH is 1. The van der Waals surface area contributed by atoms with Gasteiger partial charge in [-0.3, -0.25) is 0 Å². The van der Waals surface area contributed by atoms with E-state index in [0.29, 0.717) is 0 Å². The average Bonchev–Trinajstić information content (AvgIpc) is 2.20. The van der Waals surface area contributed by atoms with Gasteiger partial charge in [-0.15, -0.1) is 0 Å². The first-order valence-corrected chi connectivity index (χ1v) is 5.49. The fourth-order valence-corrected chi connectivity index (χ4v) is 1.40. The van der Waals surface area contributed by atoms with E-state index in [9.17, 15) is 5.11 Å². The Kier molecular flexibility index (Phi) is 4.15. The van der Waals surface area contributed by atoms with Crippen LogP contribution in [0.5, 0.6) is 5.75 Å². The first kappa shape index (κ1) is 12.1. The van der Waals surface area contributed by atoms with Crippen LogP contribution in [0.15, 0.2) is 18.2 Å². The number of aliphatic hydroxyl groups is 1. The second kappa shape index (κ2) is 5.17. The quantitative estimate of drug-likeness (QED) is 0.823. The van der Waals surface area contributed by atoms with Gasteiger partial charge in [0.1, 0.15) is 5.75 Å². The van der Waals surface area contributed by atoms with Crippen LogP contribution in [0.3, 0.4) is 0 Å². The van der Waals surface area contributed by atoms with E-state index in [4.69, 9.17) is 4.74 Å². The lowest BCUT2D eigenvalue weighted by atomic mass is 10.1. The van der Waals surface area contributed by atoms with Crippen molar-refractivity contribution in [2.24, 2.45) is 0 Å². The van der Waals surface area contributed by atoms with Gasteiger partial charge in [-0.25, -0.2) is 0 Å². The van der Waals surface area contributed by atoms with E-state index in [-0.39, 0.29) is 6.10 Å². The van der Waals surface area contributed by atoms with Crippen LogP contribution < -0.4 is 4.74 Å². The summed E-state index contributed by atoms with van der Waals surface area (Å²) in [6.45, 7) is 7.89. The minimum Gasteiger partial charge on any atom is -0.490 e. The lowest BCUT2D eigenvalue weighted by molar-refractivity contribution is 0.176. The largest absolute Gasteiger partial charge is 0.490 e. The topological polar surface area (TPSA) is 29.5 Å². The Hall–Kier alpha value is -1.02. The van der Waals surface area contributed by atoms with Crippen LogP contribution in [0.25, 0.3) is 0 Å². The predicted octanol–water partition coefficient (Wildman–Crippen LogP) is 3.23. The molecule has 2 heteroatoms. The van der Waals surface area contributed by atoms with Gasteiger partial charge >= 0.3 is 0 Å². The summed E-state index contributed by atoms with van der Waals surface area (Å²) in [4.78, 5) is 0. The molecule has 0 aliphatic heterocycles. The molecule has 84 valence electrons. The van der Waals surface area contributed by atoms with Crippen molar-refractivity contribution in [1.29, 1.82) is 0 Å². The van der Waals surface area contributed by atoms with Crippen LogP contribution in [0, 0.1) is 6.92 Å². The molecule has 0 radical (unpaired) electrons. The lowest BCUT2D eigenvalue weighted by Crippen LogP contribution is -2.11. The van der Waals surface area contributed by atoms with E-state index >= 15 is 0 Å². The van der Waals surface area contributed by atoms with Crippen LogP contribution in [0.2, 0.25) is 0 Å². The molecule has 15 heavy (non-hydrogen) atoms. The molecule has 0 heterocycles. The summed E-state index contributed by atoms with van der Waals surface area (Å²) in [6.07, 6.45) is 0.668. The van der Waals surface area contributed by atoms with Gasteiger partial charge in [-0.2, -0.15) is 0 Å². The second-order valence-electron chi connectivity index (χ2n) is 4.05. The van der Waals surface area contributed by atoms with Gasteiger partial charge < -0.3 is 9.84 Å². The van der Waals surface area contributed by atoms with Crippen molar-refractivity contribution in [1.82, 2.24) is 0 Å². The van der Waals surface area contributed by atoms with Crippen molar-refractivity contribution < 1.29 is 9.84 Å². The standard InChI is InChI=1S/C13H20O2/c1-5-10(3)15-13-7-6-9(2)8-12(13)11(4)14/h6-8,10-11,14H,5H2,1-4H3/t10?,11-/m1/s1. The molecule has 1 aromatic rings. The highest BCUT2D eigenvalue weighted by Gasteiger charge is 2.11. The first-order chi connectivity index (χ1) is 7.04. The van der Waals surface area contributed by atoms with Gasteiger partial charge in [0, 0.05) is 5.56 Å². The van der Waals surface area contributed by atoms with Crippen LogP contribution in [0.1, 0.15) is 44.4 Å². The maximum atomic E-state index is 9.63. The summed E-state index contributed by atoms with van der Waals surface area (Å²) in [5, 5.41) is 9.63. The second-order valence-corrected chi connectivity index (χ2v) is 4.05. The van der Waals surface area contributed by atoms with Gasteiger partial charge in [0.05, 0.1) is 12.2 Å². The number of hydrogen-bond acceptors (Lipinski definition) is 2. The van der Waals surface area contributed by atoms with E-state index in [1.165, 1.54) is 0 Å². The van der Waals surface area contributed by atoms with Crippen LogP contribution in [-0.2, 0) is 0 Å². The van der Waals surface area contributed by atoms with Gasteiger partial charge in [0.25, 0.3) is 0 Å². The minimum absolute atomic E-state index is 0.185. The Balaban J connectivity index is 2.95. The summed E-state index contributed by atoms with van der Waals surface area (Å²) in [5.74, 6) is 0.796. The summed E-state index contributed by atoms with van der Waals surface area (Å²) in [7, 11) is 0. The monoisotopic (exact) mass is 208 g/mol. The normalized spacial score (nSPS) is 14.7. The first-order valence-electron chi connectivity index (χ1n) is 5.49. The van der Waals surface area contributed by atoms with E-state index in [1.807, 2.05) is 32.0 Å². The predicted molar refractivity (Wildman–Crippen MR) is 62.2 cm³/mol. The number of ether oxygens (including phenoxy) is 1. The molecule has 0 spiro atoms. The molecule has 1 N–H and O–H groups in total. The highest BCUT2D eigenvalue weighted by molar-refractivity contribution is 5.38. The number of aryl methyl sites for hydroxylation is 1. The Morgan fingerprint density at radius 2 is 2.00 bits per heavy atom. The number of rotatable bonds is 4. The fourth-order valence-electron chi connectivity index (χ4n) is 1.40. The minimum atomic E-state index is -0.482. The van der Waals surface area contributed by atoms with Crippen molar-refractivity contribution in [2.75, 3.05) is 0 Å². The van der Waals surface area contributed by atoms with Gasteiger partial charge in [-0.1, -0.05) is 18.6 Å². The van der Waals surface area contributed by atoms with Crippen molar-refractivity contribution in [2.45, 2.75) is 46.3 Å². The van der Waals surface area contributed by atoms with Crippen molar-refractivity contribution in [3.8, 4) is 5.75 Å². The van der Waals surface area contributed by atoms with Gasteiger partial charge in [0.2, 0.25) is 0 Å².